The first-order valence-electron chi connectivity index (χ1n) is 7.33. The summed E-state index contributed by atoms with van der Waals surface area (Å²) in [6, 6.07) is 7.47. The molecule has 2 atom stereocenters. The zero-order valence-electron chi connectivity index (χ0n) is 11.6. The molecule has 2 unspecified atom stereocenters. The molecular weight excluding hydrogens is 302 g/mol. The van der Waals surface area contributed by atoms with Gasteiger partial charge < -0.3 is 9.64 Å². The van der Waals surface area contributed by atoms with Crippen LogP contribution in [0.4, 0.5) is 5.69 Å². The summed E-state index contributed by atoms with van der Waals surface area (Å²) in [5.41, 5.74) is 4.15. The van der Waals surface area contributed by atoms with Gasteiger partial charge in [-0.1, -0.05) is 34.8 Å². The number of anilines is 1. The zero-order chi connectivity index (χ0) is 13.2. The minimum absolute atomic E-state index is 0.457. The zero-order valence-corrected chi connectivity index (χ0v) is 13.2. The van der Waals surface area contributed by atoms with E-state index in [1.54, 1.807) is 0 Å². The number of ether oxygens (including phenoxy) is 1. The van der Waals surface area contributed by atoms with Crippen molar-refractivity contribution in [3.63, 3.8) is 0 Å². The highest BCUT2D eigenvalue weighted by atomic mass is 79.9. The molecule has 0 N–H and O–H groups in total. The topological polar surface area (TPSA) is 12.5 Å². The minimum Gasteiger partial charge on any atom is -0.374 e. The predicted molar refractivity (Wildman–Crippen MR) is 83.2 cm³/mol. The molecule has 19 heavy (non-hydrogen) atoms. The number of benzene rings is 1. The van der Waals surface area contributed by atoms with Crippen LogP contribution in [0.15, 0.2) is 18.2 Å². The van der Waals surface area contributed by atoms with Crippen molar-refractivity contribution in [1.29, 1.82) is 0 Å². The van der Waals surface area contributed by atoms with Crippen molar-refractivity contribution < 1.29 is 4.74 Å². The Bertz CT molecular complexity index is 446. The largest absolute Gasteiger partial charge is 0.374 e. The van der Waals surface area contributed by atoms with Gasteiger partial charge in [0.25, 0.3) is 0 Å². The number of hydrogen-bond acceptors (Lipinski definition) is 2. The minimum atomic E-state index is 0.457. The lowest BCUT2D eigenvalue weighted by molar-refractivity contribution is -0.00868. The molecule has 1 saturated heterocycles. The molecule has 0 amide bonds. The Balaban J connectivity index is 1.85. The van der Waals surface area contributed by atoms with Crippen molar-refractivity contribution in [1.82, 2.24) is 0 Å². The summed E-state index contributed by atoms with van der Waals surface area (Å²) in [6.07, 6.45) is 5.65. The van der Waals surface area contributed by atoms with Crippen LogP contribution in [0, 0.1) is 6.92 Å². The molecule has 1 aliphatic heterocycles. The van der Waals surface area contributed by atoms with Gasteiger partial charge in [-0.3, -0.25) is 0 Å². The number of halogens is 1. The second-order valence-corrected chi connectivity index (χ2v) is 6.26. The molecule has 0 aromatic heterocycles. The maximum atomic E-state index is 5.96. The van der Waals surface area contributed by atoms with Gasteiger partial charge in [-0.25, -0.2) is 0 Å². The number of nitrogens with zero attached hydrogens (tertiary/aromatic N) is 1. The molecule has 1 aliphatic carbocycles. The van der Waals surface area contributed by atoms with Crippen LogP contribution in [0.2, 0.25) is 0 Å². The Morgan fingerprint density at radius 2 is 2.16 bits per heavy atom. The van der Waals surface area contributed by atoms with Gasteiger partial charge >= 0.3 is 0 Å². The van der Waals surface area contributed by atoms with E-state index in [0.717, 1.165) is 18.5 Å². The number of morpholine rings is 1. The molecular formula is C16H22BrNO. The summed E-state index contributed by atoms with van der Waals surface area (Å²) >= 11 is 3.55. The number of fused-ring (bicyclic) bond motifs is 1. The molecule has 3 rings (SSSR count). The fraction of sp³-hybridized carbons (Fsp3) is 0.625. The molecule has 3 heteroatoms. The number of alkyl halides is 1. The van der Waals surface area contributed by atoms with Crippen molar-refractivity contribution in [3.8, 4) is 0 Å². The average molecular weight is 324 g/mol. The first-order valence-corrected chi connectivity index (χ1v) is 8.45. The summed E-state index contributed by atoms with van der Waals surface area (Å²) in [5.74, 6) is 0. The van der Waals surface area contributed by atoms with Crippen LogP contribution in [0.3, 0.4) is 0 Å². The van der Waals surface area contributed by atoms with Gasteiger partial charge in [-0.05, 0) is 43.0 Å². The van der Waals surface area contributed by atoms with Crippen LogP contribution in [0.25, 0.3) is 0 Å². The van der Waals surface area contributed by atoms with Crippen molar-refractivity contribution in [3.05, 3.63) is 29.3 Å². The van der Waals surface area contributed by atoms with E-state index in [0.29, 0.717) is 12.1 Å². The SMILES string of the molecule is Cc1cc(N2CCOC3CCCCC32)ccc1CBr. The van der Waals surface area contributed by atoms with E-state index in [2.05, 4.69) is 46.0 Å². The lowest BCUT2D eigenvalue weighted by atomic mass is 9.89. The smallest absolute Gasteiger partial charge is 0.0779 e. The quantitative estimate of drug-likeness (QED) is 0.762. The van der Waals surface area contributed by atoms with E-state index in [1.807, 2.05) is 0 Å². The Kier molecular flexibility index (Phi) is 4.13. The maximum absolute atomic E-state index is 5.96. The van der Waals surface area contributed by atoms with E-state index in [4.69, 9.17) is 4.74 Å². The van der Waals surface area contributed by atoms with E-state index in [-0.39, 0.29) is 0 Å². The fourth-order valence-electron chi connectivity index (χ4n) is 3.43. The monoisotopic (exact) mass is 323 g/mol. The van der Waals surface area contributed by atoms with Gasteiger partial charge in [0, 0.05) is 17.6 Å². The third-order valence-electron chi connectivity index (χ3n) is 4.53. The van der Waals surface area contributed by atoms with Crippen LogP contribution >= 0.6 is 15.9 Å². The van der Waals surface area contributed by atoms with Gasteiger partial charge in [0.1, 0.15) is 0 Å². The Hall–Kier alpha value is -0.540. The summed E-state index contributed by atoms with van der Waals surface area (Å²) in [5, 5.41) is 0.939. The molecule has 1 aromatic rings. The van der Waals surface area contributed by atoms with Gasteiger partial charge in [0.15, 0.2) is 0 Å². The van der Waals surface area contributed by atoms with E-state index >= 15 is 0 Å². The van der Waals surface area contributed by atoms with Gasteiger partial charge in [0.05, 0.1) is 18.8 Å². The second kappa shape index (κ2) is 5.84. The number of hydrogen-bond donors (Lipinski definition) is 0. The molecule has 1 aromatic carbocycles. The molecule has 2 nitrogen and oxygen atoms in total. The van der Waals surface area contributed by atoms with Crippen LogP contribution in [0.1, 0.15) is 36.8 Å². The third-order valence-corrected chi connectivity index (χ3v) is 5.14. The van der Waals surface area contributed by atoms with Crippen LogP contribution < -0.4 is 4.90 Å². The Labute approximate surface area is 124 Å². The van der Waals surface area contributed by atoms with Crippen LogP contribution in [0.5, 0.6) is 0 Å². The molecule has 0 radical (unpaired) electrons. The molecule has 0 spiro atoms. The second-order valence-electron chi connectivity index (χ2n) is 5.70. The van der Waals surface area contributed by atoms with Crippen molar-refractivity contribution >= 4 is 21.6 Å². The van der Waals surface area contributed by atoms with E-state index < -0.39 is 0 Å². The van der Waals surface area contributed by atoms with Crippen molar-refractivity contribution in [2.24, 2.45) is 0 Å². The van der Waals surface area contributed by atoms with E-state index in [9.17, 15) is 0 Å². The van der Waals surface area contributed by atoms with Gasteiger partial charge in [-0.2, -0.15) is 0 Å². The number of rotatable bonds is 2. The van der Waals surface area contributed by atoms with Gasteiger partial charge in [0.2, 0.25) is 0 Å². The standard InChI is InChI=1S/C16H22BrNO/c1-12-10-14(7-6-13(12)11-17)18-8-9-19-16-5-3-2-4-15(16)18/h6-7,10,15-16H,2-5,8-9,11H2,1H3. The summed E-state index contributed by atoms with van der Waals surface area (Å²) in [4.78, 5) is 2.58. The molecule has 1 heterocycles. The highest BCUT2D eigenvalue weighted by Gasteiger charge is 2.34. The summed E-state index contributed by atoms with van der Waals surface area (Å²) in [7, 11) is 0. The highest BCUT2D eigenvalue weighted by Crippen LogP contribution is 2.32. The number of aryl methyl sites for hydroxylation is 1. The molecule has 1 saturated carbocycles. The lowest BCUT2D eigenvalue weighted by Gasteiger charge is -2.45. The normalized spacial score (nSPS) is 27.2. The fourth-order valence-corrected chi connectivity index (χ4v) is 4.05. The Morgan fingerprint density at radius 3 is 2.95 bits per heavy atom. The van der Waals surface area contributed by atoms with E-state index in [1.165, 1.54) is 42.5 Å². The maximum Gasteiger partial charge on any atom is 0.0779 e. The summed E-state index contributed by atoms with van der Waals surface area (Å²) < 4.78 is 5.96. The average Bonchev–Trinajstić information content (AvgIpc) is 2.46. The summed E-state index contributed by atoms with van der Waals surface area (Å²) in [6.45, 7) is 4.12. The first kappa shape index (κ1) is 13.4. The highest BCUT2D eigenvalue weighted by molar-refractivity contribution is 9.08. The molecule has 2 fully saturated rings. The molecule has 2 aliphatic rings. The lowest BCUT2D eigenvalue weighted by Crippen LogP contribution is -2.52. The van der Waals surface area contributed by atoms with Crippen LogP contribution in [-0.2, 0) is 10.1 Å². The van der Waals surface area contributed by atoms with Gasteiger partial charge in [-0.15, -0.1) is 0 Å². The first-order chi connectivity index (χ1) is 9.29. The Morgan fingerprint density at radius 1 is 1.32 bits per heavy atom. The van der Waals surface area contributed by atoms with Crippen LogP contribution in [-0.4, -0.2) is 25.3 Å². The molecule has 0 bridgehead atoms. The van der Waals surface area contributed by atoms with Crippen molar-refractivity contribution in [2.75, 3.05) is 18.1 Å². The third kappa shape index (κ3) is 2.68. The predicted octanol–water partition coefficient (Wildman–Crippen LogP) is 4.04. The van der Waals surface area contributed by atoms with Crippen molar-refractivity contribution in [2.45, 2.75) is 50.1 Å². The molecule has 104 valence electrons.